The molecule has 0 aromatic rings. The number of thiocarbonyl (C=S) groups is 1. The van der Waals surface area contributed by atoms with Crippen LogP contribution in [0.1, 0.15) is 0 Å². The highest BCUT2D eigenvalue weighted by molar-refractivity contribution is 7.80. The molecule has 0 bridgehead atoms. The van der Waals surface area contributed by atoms with Gasteiger partial charge >= 0.3 is 0 Å². The number of rotatable bonds is 2. The van der Waals surface area contributed by atoms with Crippen molar-refractivity contribution in [3.8, 4) is 0 Å². The van der Waals surface area contributed by atoms with Crippen LogP contribution < -0.4 is 21.3 Å². The van der Waals surface area contributed by atoms with Crippen molar-refractivity contribution in [1.29, 1.82) is 0 Å². The van der Waals surface area contributed by atoms with Crippen LogP contribution in [-0.4, -0.2) is 56.2 Å². The van der Waals surface area contributed by atoms with Gasteiger partial charge in [-0.05, 0) is 0 Å². The third kappa shape index (κ3) is 2.49. The smallest absolute Gasteiger partial charge is 0.0527 e. The summed E-state index contributed by atoms with van der Waals surface area (Å²) in [7, 11) is 0. The fraction of sp³-hybridized carbons (Fsp3) is 0.889. The first-order valence-electron chi connectivity index (χ1n) is 5.30. The molecule has 2 aliphatic rings. The maximum atomic E-state index is 5.49. The second-order valence-corrected chi connectivity index (χ2v) is 4.30. The summed E-state index contributed by atoms with van der Waals surface area (Å²) in [6, 6.07) is 0.715. The molecule has 0 spiro atoms. The summed E-state index contributed by atoms with van der Waals surface area (Å²) in [5, 5.41) is 13.6. The average Bonchev–Trinajstić information content (AvgIpc) is 2.30. The van der Waals surface area contributed by atoms with Crippen molar-refractivity contribution in [2.24, 2.45) is 0 Å². The van der Waals surface area contributed by atoms with E-state index in [1.165, 1.54) is 0 Å². The van der Waals surface area contributed by atoms with Gasteiger partial charge in [0.05, 0.1) is 12.1 Å². The predicted molar refractivity (Wildman–Crippen MR) is 61.9 cm³/mol. The van der Waals surface area contributed by atoms with Crippen LogP contribution in [0.5, 0.6) is 0 Å². The lowest BCUT2D eigenvalue weighted by molar-refractivity contribution is 0.451. The molecule has 0 saturated carbocycles. The van der Waals surface area contributed by atoms with Crippen molar-refractivity contribution in [3.63, 3.8) is 0 Å². The SMILES string of the molecule is S=C(C1CNCCN1)C1CNCCN1. The van der Waals surface area contributed by atoms with Crippen LogP contribution in [0.4, 0.5) is 0 Å². The molecule has 0 radical (unpaired) electrons. The number of hydrogen-bond acceptors (Lipinski definition) is 5. The van der Waals surface area contributed by atoms with Gasteiger partial charge in [0.25, 0.3) is 0 Å². The van der Waals surface area contributed by atoms with E-state index in [2.05, 4.69) is 21.3 Å². The Morgan fingerprint density at radius 1 is 0.857 bits per heavy atom. The highest BCUT2D eigenvalue weighted by atomic mass is 32.1. The van der Waals surface area contributed by atoms with E-state index in [4.69, 9.17) is 12.2 Å². The Kier molecular flexibility index (Phi) is 3.83. The predicted octanol–water partition coefficient (Wildman–Crippen LogP) is -1.52. The van der Waals surface area contributed by atoms with Gasteiger partial charge in [0.15, 0.2) is 0 Å². The van der Waals surface area contributed by atoms with Crippen LogP contribution in [0.15, 0.2) is 0 Å². The minimum absolute atomic E-state index is 0.358. The number of piperazine rings is 2. The second kappa shape index (κ2) is 5.14. The van der Waals surface area contributed by atoms with Gasteiger partial charge in [-0.3, -0.25) is 0 Å². The average molecular weight is 214 g/mol. The lowest BCUT2D eigenvalue weighted by Gasteiger charge is -2.32. The maximum absolute atomic E-state index is 5.49. The molecule has 2 aliphatic heterocycles. The summed E-state index contributed by atoms with van der Waals surface area (Å²) in [5.74, 6) is 0. The van der Waals surface area contributed by atoms with E-state index in [0.29, 0.717) is 12.1 Å². The topological polar surface area (TPSA) is 48.1 Å². The Balaban J connectivity index is 1.85. The minimum Gasteiger partial charge on any atom is -0.314 e. The molecular weight excluding hydrogens is 196 g/mol. The minimum atomic E-state index is 0.358. The molecule has 0 aromatic heterocycles. The molecule has 5 heteroatoms. The first-order valence-corrected chi connectivity index (χ1v) is 5.70. The van der Waals surface area contributed by atoms with Gasteiger partial charge in [-0.25, -0.2) is 0 Å². The molecule has 0 aromatic carbocycles. The maximum Gasteiger partial charge on any atom is 0.0527 e. The van der Waals surface area contributed by atoms with Gasteiger partial charge in [-0.15, -0.1) is 0 Å². The quantitative estimate of drug-likeness (QED) is 0.421. The van der Waals surface area contributed by atoms with Crippen molar-refractivity contribution in [2.75, 3.05) is 39.3 Å². The molecule has 80 valence electrons. The number of hydrogen-bond donors (Lipinski definition) is 4. The molecule has 14 heavy (non-hydrogen) atoms. The van der Waals surface area contributed by atoms with E-state index < -0.39 is 0 Å². The van der Waals surface area contributed by atoms with E-state index in [-0.39, 0.29) is 0 Å². The molecule has 2 unspecified atom stereocenters. The normalized spacial score (nSPS) is 34.0. The summed E-state index contributed by atoms with van der Waals surface area (Å²) >= 11 is 5.49. The van der Waals surface area contributed by atoms with E-state index in [0.717, 1.165) is 44.1 Å². The molecule has 4 N–H and O–H groups in total. The zero-order valence-electron chi connectivity index (χ0n) is 8.31. The van der Waals surface area contributed by atoms with Crippen LogP contribution >= 0.6 is 12.2 Å². The Hall–Kier alpha value is -0.0700. The highest BCUT2D eigenvalue weighted by Gasteiger charge is 2.24. The fourth-order valence-electron chi connectivity index (χ4n) is 1.95. The lowest BCUT2D eigenvalue weighted by atomic mass is 10.0. The van der Waals surface area contributed by atoms with Crippen LogP contribution in [0.3, 0.4) is 0 Å². The monoisotopic (exact) mass is 214 g/mol. The van der Waals surface area contributed by atoms with E-state index in [1.807, 2.05) is 0 Å². The molecule has 0 aliphatic carbocycles. The van der Waals surface area contributed by atoms with Crippen LogP contribution in [0.2, 0.25) is 0 Å². The van der Waals surface area contributed by atoms with Crippen molar-refractivity contribution in [2.45, 2.75) is 12.1 Å². The zero-order chi connectivity index (χ0) is 9.80. The lowest BCUT2D eigenvalue weighted by Crippen LogP contribution is -2.60. The largest absolute Gasteiger partial charge is 0.314 e. The van der Waals surface area contributed by atoms with Crippen LogP contribution in [0, 0.1) is 0 Å². The zero-order valence-corrected chi connectivity index (χ0v) is 9.12. The standard InChI is InChI=1S/C9H18N4S/c14-9(7-5-10-1-3-12-7)8-6-11-2-4-13-8/h7-8,10-13H,1-6H2. The molecule has 2 saturated heterocycles. The highest BCUT2D eigenvalue weighted by Crippen LogP contribution is 2.00. The van der Waals surface area contributed by atoms with Gasteiger partial charge in [0, 0.05) is 44.1 Å². The second-order valence-electron chi connectivity index (χ2n) is 3.82. The van der Waals surface area contributed by atoms with Gasteiger partial charge in [-0.2, -0.15) is 0 Å². The summed E-state index contributed by atoms with van der Waals surface area (Å²) in [5.41, 5.74) is 0. The Labute approximate surface area is 90.2 Å². The van der Waals surface area contributed by atoms with Crippen molar-refractivity contribution in [3.05, 3.63) is 0 Å². The first kappa shape index (κ1) is 10.4. The Morgan fingerprint density at radius 3 is 1.71 bits per heavy atom. The molecule has 2 atom stereocenters. The molecule has 2 fully saturated rings. The Morgan fingerprint density at radius 2 is 1.36 bits per heavy atom. The van der Waals surface area contributed by atoms with E-state index in [1.54, 1.807) is 0 Å². The van der Waals surface area contributed by atoms with Crippen molar-refractivity contribution in [1.82, 2.24) is 21.3 Å². The molecule has 0 amide bonds. The van der Waals surface area contributed by atoms with Crippen LogP contribution in [-0.2, 0) is 0 Å². The summed E-state index contributed by atoms with van der Waals surface area (Å²) in [4.78, 5) is 1.12. The summed E-state index contributed by atoms with van der Waals surface area (Å²) in [6.45, 7) is 6.08. The van der Waals surface area contributed by atoms with Crippen LogP contribution in [0.25, 0.3) is 0 Å². The molecule has 4 nitrogen and oxygen atoms in total. The van der Waals surface area contributed by atoms with Crippen molar-refractivity contribution < 1.29 is 0 Å². The van der Waals surface area contributed by atoms with Gasteiger partial charge in [0.2, 0.25) is 0 Å². The van der Waals surface area contributed by atoms with E-state index >= 15 is 0 Å². The molecule has 2 rings (SSSR count). The third-order valence-electron chi connectivity index (χ3n) is 2.77. The fourth-order valence-corrected chi connectivity index (χ4v) is 2.29. The van der Waals surface area contributed by atoms with Gasteiger partial charge in [0.1, 0.15) is 0 Å². The summed E-state index contributed by atoms with van der Waals surface area (Å²) in [6.07, 6.45) is 0. The van der Waals surface area contributed by atoms with Gasteiger partial charge < -0.3 is 21.3 Å². The Bertz CT molecular complexity index is 177. The number of nitrogens with one attached hydrogen (secondary N) is 4. The summed E-state index contributed by atoms with van der Waals surface area (Å²) < 4.78 is 0. The molecular formula is C9H18N4S. The van der Waals surface area contributed by atoms with E-state index in [9.17, 15) is 0 Å². The first-order chi connectivity index (χ1) is 6.88. The van der Waals surface area contributed by atoms with Gasteiger partial charge in [-0.1, -0.05) is 12.2 Å². The third-order valence-corrected chi connectivity index (χ3v) is 3.34. The molecule has 2 heterocycles. The van der Waals surface area contributed by atoms with Crippen molar-refractivity contribution >= 4 is 17.1 Å².